The van der Waals surface area contributed by atoms with Gasteiger partial charge in [-0.25, -0.2) is 9.97 Å². The van der Waals surface area contributed by atoms with Gasteiger partial charge in [0.05, 0.1) is 7.11 Å². The number of anilines is 1. The van der Waals surface area contributed by atoms with Crippen LogP contribution < -0.4 is 10.6 Å². The van der Waals surface area contributed by atoms with Crippen molar-refractivity contribution in [2.45, 2.75) is 6.04 Å². The number of piperazine rings is 1. The first kappa shape index (κ1) is 13.7. The molecule has 0 amide bonds. The molecule has 0 radical (unpaired) electrons. The smallest absolute Gasteiger partial charge is 0.324 e. The Balaban J connectivity index is 1.93. The minimum Gasteiger partial charge on any atom is -0.468 e. The van der Waals surface area contributed by atoms with E-state index in [2.05, 4.69) is 14.9 Å². The minimum atomic E-state index is -0.358. The summed E-state index contributed by atoms with van der Waals surface area (Å²) in [6, 6.07) is 1.44. The van der Waals surface area contributed by atoms with E-state index in [0.717, 1.165) is 32.1 Å². The predicted octanol–water partition coefficient (Wildman–Crippen LogP) is -0.901. The molecule has 1 aromatic rings. The van der Waals surface area contributed by atoms with Gasteiger partial charge in [-0.15, -0.1) is 0 Å². The summed E-state index contributed by atoms with van der Waals surface area (Å²) in [7, 11) is 1.39. The van der Waals surface area contributed by atoms with Crippen LogP contribution >= 0.6 is 0 Å². The molecule has 1 aliphatic heterocycles. The van der Waals surface area contributed by atoms with E-state index in [4.69, 9.17) is 10.5 Å². The lowest BCUT2D eigenvalue weighted by atomic mass is 10.2. The van der Waals surface area contributed by atoms with Crippen LogP contribution in [0.25, 0.3) is 0 Å². The topological polar surface area (TPSA) is 84.6 Å². The van der Waals surface area contributed by atoms with E-state index in [1.54, 1.807) is 18.5 Å². The van der Waals surface area contributed by atoms with Crippen LogP contribution in [0.2, 0.25) is 0 Å². The fraction of sp³-hybridized carbons (Fsp3) is 0.583. The monoisotopic (exact) mass is 265 g/mol. The maximum Gasteiger partial charge on any atom is 0.324 e. The molecule has 0 bridgehead atoms. The number of ether oxygens (including phenoxy) is 1. The molecule has 0 spiro atoms. The van der Waals surface area contributed by atoms with E-state index in [0.29, 0.717) is 0 Å². The Hall–Kier alpha value is -1.73. The number of aromatic nitrogens is 2. The lowest BCUT2D eigenvalue weighted by Crippen LogP contribution is -2.55. The summed E-state index contributed by atoms with van der Waals surface area (Å²) in [6.45, 7) is 3.31. The highest BCUT2D eigenvalue weighted by atomic mass is 16.5. The van der Waals surface area contributed by atoms with Crippen molar-refractivity contribution >= 4 is 11.9 Å². The number of carbonyl (C=O) groups is 1. The number of hydrogen-bond acceptors (Lipinski definition) is 7. The van der Waals surface area contributed by atoms with Crippen molar-refractivity contribution in [3.8, 4) is 0 Å². The number of rotatable bonds is 4. The quantitative estimate of drug-likeness (QED) is 0.706. The lowest BCUT2D eigenvalue weighted by molar-refractivity contribution is -0.146. The van der Waals surface area contributed by atoms with E-state index in [-0.39, 0.29) is 18.6 Å². The third-order valence-electron chi connectivity index (χ3n) is 3.29. The maximum atomic E-state index is 11.6. The zero-order chi connectivity index (χ0) is 13.7. The molecule has 104 valence electrons. The summed E-state index contributed by atoms with van der Waals surface area (Å²) in [5.41, 5.74) is 5.65. The molecule has 1 fully saturated rings. The number of hydrogen-bond donors (Lipinski definition) is 1. The van der Waals surface area contributed by atoms with Crippen molar-refractivity contribution in [2.24, 2.45) is 5.73 Å². The van der Waals surface area contributed by atoms with Crippen molar-refractivity contribution in [1.29, 1.82) is 0 Å². The van der Waals surface area contributed by atoms with Crippen molar-refractivity contribution in [2.75, 3.05) is 44.7 Å². The van der Waals surface area contributed by atoms with Crippen molar-refractivity contribution in [3.63, 3.8) is 0 Å². The van der Waals surface area contributed by atoms with Gasteiger partial charge in [0, 0.05) is 45.1 Å². The van der Waals surface area contributed by atoms with Crippen LogP contribution in [0, 0.1) is 0 Å². The average molecular weight is 265 g/mol. The van der Waals surface area contributed by atoms with E-state index in [1.807, 2.05) is 4.90 Å². The first-order valence-corrected chi connectivity index (χ1v) is 6.30. The third-order valence-corrected chi connectivity index (χ3v) is 3.29. The molecular weight excluding hydrogens is 246 g/mol. The van der Waals surface area contributed by atoms with Gasteiger partial charge in [-0.05, 0) is 6.07 Å². The molecule has 0 aliphatic carbocycles. The second-order valence-electron chi connectivity index (χ2n) is 4.35. The molecule has 1 saturated heterocycles. The zero-order valence-corrected chi connectivity index (χ0v) is 11.0. The summed E-state index contributed by atoms with van der Waals surface area (Å²) in [4.78, 5) is 24.2. The molecule has 7 heteroatoms. The summed E-state index contributed by atoms with van der Waals surface area (Å²) >= 11 is 0. The Morgan fingerprint density at radius 3 is 2.53 bits per heavy atom. The molecule has 2 heterocycles. The van der Waals surface area contributed by atoms with Crippen molar-refractivity contribution in [3.05, 3.63) is 18.5 Å². The Labute approximate surface area is 112 Å². The molecule has 19 heavy (non-hydrogen) atoms. The normalized spacial score (nSPS) is 18.1. The SMILES string of the molecule is COC(=O)C(CN)N1CCN(c2ncccn2)CC1. The third kappa shape index (κ3) is 3.18. The van der Waals surface area contributed by atoms with Crippen LogP contribution in [-0.4, -0.2) is 66.7 Å². The molecule has 1 unspecified atom stereocenters. The van der Waals surface area contributed by atoms with Gasteiger partial charge < -0.3 is 15.4 Å². The van der Waals surface area contributed by atoms with Crippen LogP contribution in [0.15, 0.2) is 18.5 Å². The highest BCUT2D eigenvalue weighted by Gasteiger charge is 2.29. The van der Waals surface area contributed by atoms with Crippen LogP contribution in [0.5, 0.6) is 0 Å². The Kier molecular flexibility index (Phi) is 4.64. The lowest BCUT2D eigenvalue weighted by Gasteiger charge is -2.37. The van der Waals surface area contributed by atoms with Gasteiger partial charge in [-0.3, -0.25) is 9.69 Å². The highest BCUT2D eigenvalue weighted by Crippen LogP contribution is 2.12. The highest BCUT2D eigenvalue weighted by molar-refractivity contribution is 5.76. The zero-order valence-electron chi connectivity index (χ0n) is 11.0. The number of nitrogens with two attached hydrogens (primary N) is 1. The first-order valence-electron chi connectivity index (χ1n) is 6.30. The van der Waals surface area contributed by atoms with Gasteiger partial charge in [0.15, 0.2) is 0 Å². The molecule has 7 nitrogen and oxygen atoms in total. The number of carbonyl (C=O) groups excluding carboxylic acids is 1. The molecule has 2 N–H and O–H groups in total. The largest absolute Gasteiger partial charge is 0.468 e. The fourth-order valence-electron chi connectivity index (χ4n) is 2.22. The molecule has 0 aromatic carbocycles. The average Bonchev–Trinajstić information content (AvgIpc) is 2.49. The summed E-state index contributed by atoms with van der Waals surface area (Å²) in [5, 5.41) is 0. The Bertz CT molecular complexity index is 406. The number of nitrogens with zero attached hydrogens (tertiary/aromatic N) is 4. The molecule has 1 atom stereocenters. The second kappa shape index (κ2) is 6.44. The molecule has 2 rings (SSSR count). The predicted molar refractivity (Wildman–Crippen MR) is 70.7 cm³/mol. The summed E-state index contributed by atoms with van der Waals surface area (Å²) in [5.74, 6) is 0.455. The Morgan fingerprint density at radius 2 is 2.00 bits per heavy atom. The van der Waals surface area contributed by atoms with Crippen LogP contribution in [0.1, 0.15) is 0 Å². The van der Waals surface area contributed by atoms with Crippen LogP contribution in [0.4, 0.5) is 5.95 Å². The van der Waals surface area contributed by atoms with Gasteiger partial charge in [-0.1, -0.05) is 0 Å². The minimum absolute atomic E-state index is 0.271. The van der Waals surface area contributed by atoms with Gasteiger partial charge in [0.1, 0.15) is 6.04 Å². The standard InChI is InChI=1S/C12H19N5O2/c1-19-11(18)10(9-13)16-5-7-17(8-6-16)12-14-3-2-4-15-12/h2-4,10H,5-9,13H2,1H3. The van der Waals surface area contributed by atoms with Crippen LogP contribution in [-0.2, 0) is 9.53 Å². The summed E-state index contributed by atoms with van der Waals surface area (Å²) in [6.07, 6.45) is 3.46. The van der Waals surface area contributed by atoms with E-state index in [1.165, 1.54) is 7.11 Å². The van der Waals surface area contributed by atoms with Gasteiger partial charge in [0.25, 0.3) is 0 Å². The number of methoxy groups -OCH3 is 1. The Morgan fingerprint density at radius 1 is 1.37 bits per heavy atom. The maximum absolute atomic E-state index is 11.6. The molecular formula is C12H19N5O2. The second-order valence-corrected chi connectivity index (χ2v) is 4.35. The fourth-order valence-corrected chi connectivity index (χ4v) is 2.22. The van der Waals surface area contributed by atoms with E-state index >= 15 is 0 Å². The van der Waals surface area contributed by atoms with Gasteiger partial charge in [0.2, 0.25) is 5.95 Å². The van der Waals surface area contributed by atoms with Crippen molar-refractivity contribution in [1.82, 2.24) is 14.9 Å². The van der Waals surface area contributed by atoms with Crippen LogP contribution in [0.3, 0.4) is 0 Å². The molecule has 0 saturated carbocycles. The van der Waals surface area contributed by atoms with E-state index in [9.17, 15) is 4.79 Å². The number of esters is 1. The van der Waals surface area contributed by atoms with Crippen molar-refractivity contribution < 1.29 is 9.53 Å². The molecule has 1 aliphatic rings. The van der Waals surface area contributed by atoms with E-state index < -0.39 is 0 Å². The first-order chi connectivity index (χ1) is 9.26. The van der Waals surface area contributed by atoms with Gasteiger partial charge >= 0.3 is 5.97 Å². The molecule has 1 aromatic heterocycles. The summed E-state index contributed by atoms with van der Waals surface area (Å²) < 4.78 is 4.77. The van der Waals surface area contributed by atoms with Gasteiger partial charge in [-0.2, -0.15) is 0 Å².